The van der Waals surface area contributed by atoms with E-state index in [0.717, 1.165) is 0 Å². The van der Waals surface area contributed by atoms with Gasteiger partial charge in [-0.15, -0.1) is 0 Å². The number of hydrogen-bond donors (Lipinski definition) is 2. The number of hydrogen-bond acceptors (Lipinski definition) is 8. The van der Waals surface area contributed by atoms with Crippen molar-refractivity contribution in [2.75, 3.05) is 24.9 Å². The maximum Gasteiger partial charge on any atom is 0.339 e. The lowest BCUT2D eigenvalue weighted by Gasteiger charge is -2.23. The van der Waals surface area contributed by atoms with Crippen LogP contribution in [0.4, 0.5) is 22.7 Å². The highest BCUT2D eigenvalue weighted by Crippen LogP contribution is 2.38. The van der Waals surface area contributed by atoms with Crippen molar-refractivity contribution in [2.24, 2.45) is 0 Å². The van der Waals surface area contributed by atoms with E-state index in [-0.39, 0.29) is 33.8 Å². The number of carbonyl (C=O) groups is 4. The van der Waals surface area contributed by atoms with Crippen LogP contribution in [0.25, 0.3) is 0 Å². The fourth-order valence-electron chi connectivity index (χ4n) is 4.50. The number of anilines is 4. The lowest BCUT2D eigenvalue weighted by Crippen LogP contribution is -2.23. The van der Waals surface area contributed by atoms with Gasteiger partial charge in [0.2, 0.25) is 0 Å². The second-order valence-electron chi connectivity index (χ2n) is 8.44. The van der Waals surface area contributed by atoms with Gasteiger partial charge in [0, 0.05) is 11.1 Å². The lowest BCUT2D eigenvalue weighted by molar-refractivity contribution is 0.0593. The van der Waals surface area contributed by atoms with Crippen LogP contribution < -0.4 is 10.6 Å². The number of para-hydroxylation sites is 2. The Morgan fingerprint density at radius 1 is 0.526 bits per heavy atom. The molecule has 0 saturated heterocycles. The van der Waals surface area contributed by atoms with Crippen LogP contribution in [0.1, 0.15) is 52.6 Å². The Bertz CT molecular complexity index is 1500. The van der Waals surface area contributed by atoms with Crippen LogP contribution in [0, 0.1) is 0 Å². The van der Waals surface area contributed by atoms with Crippen LogP contribution in [0.3, 0.4) is 0 Å². The van der Waals surface area contributed by atoms with Crippen molar-refractivity contribution in [1.29, 1.82) is 0 Å². The number of esters is 2. The molecular weight excluding hydrogens is 484 g/mol. The zero-order chi connectivity index (χ0) is 26.8. The number of fused-ring (bicyclic) bond motifs is 2. The first kappa shape index (κ1) is 24.5. The van der Waals surface area contributed by atoms with E-state index >= 15 is 0 Å². The van der Waals surface area contributed by atoms with Gasteiger partial charge in [0.1, 0.15) is 0 Å². The van der Waals surface area contributed by atoms with Crippen LogP contribution in [0.2, 0.25) is 0 Å². The quantitative estimate of drug-likeness (QED) is 0.290. The van der Waals surface area contributed by atoms with Crippen molar-refractivity contribution < 1.29 is 28.7 Å². The standard InChI is InChI=1S/C30H22N2O6/c1-37-29(35)17-9-3-5-13-21(17)31-23-15-7-11-19-25(23)27(33)20-12-8-16-24(26(20)28(19)34)32-22-14-6-4-10-18(22)30(36)38-2/h3-16,31-32H,1-2H3. The van der Waals surface area contributed by atoms with E-state index in [2.05, 4.69) is 10.6 Å². The summed E-state index contributed by atoms with van der Waals surface area (Å²) in [6.45, 7) is 0. The van der Waals surface area contributed by atoms with Gasteiger partial charge in [-0.25, -0.2) is 9.59 Å². The molecule has 2 N–H and O–H groups in total. The Morgan fingerprint density at radius 3 is 1.29 bits per heavy atom. The zero-order valence-corrected chi connectivity index (χ0v) is 20.5. The molecule has 8 heteroatoms. The molecule has 0 heterocycles. The molecule has 0 aromatic heterocycles. The smallest absolute Gasteiger partial charge is 0.339 e. The van der Waals surface area contributed by atoms with Crippen molar-refractivity contribution in [1.82, 2.24) is 0 Å². The van der Waals surface area contributed by atoms with Crippen molar-refractivity contribution >= 4 is 46.3 Å². The predicted octanol–water partition coefficient (Wildman–Crippen LogP) is 5.52. The maximum atomic E-state index is 13.8. The summed E-state index contributed by atoms with van der Waals surface area (Å²) in [5.41, 5.74) is 3.08. The fourth-order valence-corrected chi connectivity index (χ4v) is 4.50. The van der Waals surface area contributed by atoms with Gasteiger partial charge in [-0.1, -0.05) is 48.5 Å². The summed E-state index contributed by atoms with van der Waals surface area (Å²) in [5, 5.41) is 6.28. The van der Waals surface area contributed by atoms with Crippen molar-refractivity contribution in [2.45, 2.75) is 0 Å². The molecule has 5 rings (SSSR count). The van der Waals surface area contributed by atoms with Gasteiger partial charge in [0.25, 0.3) is 0 Å². The molecule has 4 aromatic carbocycles. The van der Waals surface area contributed by atoms with E-state index in [1.807, 2.05) is 0 Å². The van der Waals surface area contributed by atoms with Crippen molar-refractivity contribution in [3.63, 3.8) is 0 Å². The number of ether oxygens (including phenoxy) is 2. The van der Waals surface area contributed by atoms with E-state index in [1.54, 1.807) is 84.9 Å². The van der Waals surface area contributed by atoms with Gasteiger partial charge in [0.05, 0.1) is 59.2 Å². The first-order valence-corrected chi connectivity index (χ1v) is 11.7. The van der Waals surface area contributed by atoms with Gasteiger partial charge >= 0.3 is 11.9 Å². The van der Waals surface area contributed by atoms with E-state index in [1.165, 1.54) is 14.2 Å². The summed E-state index contributed by atoms with van der Waals surface area (Å²) in [7, 11) is 2.58. The summed E-state index contributed by atoms with van der Waals surface area (Å²) < 4.78 is 9.74. The molecule has 188 valence electrons. The average molecular weight is 507 g/mol. The second-order valence-corrected chi connectivity index (χ2v) is 8.44. The fraction of sp³-hybridized carbons (Fsp3) is 0.0667. The Labute approximate surface area is 218 Å². The minimum Gasteiger partial charge on any atom is -0.465 e. The monoisotopic (exact) mass is 506 g/mol. The molecule has 1 aliphatic carbocycles. The highest BCUT2D eigenvalue weighted by Gasteiger charge is 2.34. The van der Waals surface area contributed by atoms with Crippen LogP contribution in [0.15, 0.2) is 84.9 Å². The molecular formula is C30H22N2O6. The molecule has 0 unspecified atom stereocenters. The molecule has 8 nitrogen and oxygen atoms in total. The average Bonchev–Trinajstić information content (AvgIpc) is 2.95. The number of ketones is 2. The molecule has 0 aliphatic heterocycles. The Morgan fingerprint density at radius 2 is 0.895 bits per heavy atom. The van der Waals surface area contributed by atoms with E-state index < -0.39 is 11.9 Å². The number of nitrogens with one attached hydrogen (secondary N) is 2. The van der Waals surface area contributed by atoms with Crippen LogP contribution in [0.5, 0.6) is 0 Å². The van der Waals surface area contributed by atoms with Gasteiger partial charge in [0.15, 0.2) is 11.6 Å². The lowest BCUT2D eigenvalue weighted by atomic mass is 9.82. The first-order valence-electron chi connectivity index (χ1n) is 11.7. The van der Waals surface area contributed by atoms with Crippen molar-refractivity contribution in [3.8, 4) is 0 Å². The van der Waals surface area contributed by atoms with Crippen LogP contribution in [-0.2, 0) is 9.47 Å². The van der Waals surface area contributed by atoms with Crippen LogP contribution >= 0.6 is 0 Å². The third-order valence-electron chi connectivity index (χ3n) is 6.28. The first-order chi connectivity index (χ1) is 18.4. The predicted molar refractivity (Wildman–Crippen MR) is 142 cm³/mol. The maximum absolute atomic E-state index is 13.8. The Balaban J connectivity index is 1.57. The molecule has 4 aromatic rings. The summed E-state index contributed by atoms with van der Waals surface area (Å²) in [6, 6.07) is 23.4. The largest absolute Gasteiger partial charge is 0.465 e. The number of rotatable bonds is 6. The highest BCUT2D eigenvalue weighted by atomic mass is 16.5. The molecule has 0 fully saturated rings. The SMILES string of the molecule is COC(=O)c1ccccc1Nc1cccc2c1C(=O)c1cccc(Nc3ccccc3C(=O)OC)c1C2=O. The van der Waals surface area contributed by atoms with E-state index in [4.69, 9.17) is 9.47 Å². The second kappa shape index (κ2) is 10.0. The Hall–Kier alpha value is -5.24. The van der Waals surface area contributed by atoms with Crippen molar-refractivity contribution in [3.05, 3.63) is 118 Å². The summed E-state index contributed by atoms with van der Waals surface area (Å²) in [4.78, 5) is 52.1. The number of methoxy groups -OCH3 is 2. The summed E-state index contributed by atoms with van der Waals surface area (Å²) in [5.74, 6) is -1.77. The molecule has 1 aliphatic rings. The third kappa shape index (κ3) is 4.18. The van der Waals surface area contributed by atoms with Gasteiger partial charge in [-0.05, 0) is 36.4 Å². The molecule has 0 atom stereocenters. The van der Waals surface area contributed by atoms with Gasteiger partial charge in [-0.3, -0.25) is 9.59 Å². The summed E-state index contributed by atoms with van der Waals surface area (Å²) in [6.07, 6.45) is 0. The topological polar surface area (TPSA) is 111 Å². The highest BCUT2D eigenvalue weighted by molar-refractivity contribution is 6.32. The zero-order valence-electron chi connectivity index (χ0n) is 20.5. The van der Waals surface area contributed by atoms with E-state index in [9.17, 15) is 19.2 Å². The third-order valence-corrected chi connectivity index (χ3v) is 6.28. The van der Waals surface area contributed by atoms with Gasteiger partial charge < -0.3 is 20.1 Å². The molecule has 0 spiro atoms. The normalized spacial score (nSPS) is 11.7. The molecule has 0 saturated carbocycles. The van der Waals surface area contributed by atoms with E-state index in [0.29, 0.717) is 33.9 Å². The molecule has 38 heavy (non-hydrogen) atoms. The minimum atomic E-state index is -0.534. The molecule has 0 amide bonds. The van der Waals surface area contributed by atoms with Crippen LogP contribution in [-0.4, -0.2) is 37.7 Å². The molecule has 0 radical (unpaired) electrons. The minimum absolute atomic E-state index is 0.205. The number of carbonyl (C=O) groups excluding carboxylic acids is 4. The van der Waals surface area contributed by atoms with Gasteiger partial charge in [-0.2, -0.15) is 0 Å². The Kier molecular flexibility index (Phi) is 6.45. The summed E-state index contributed by atoms with van der Waals surface area (Å²) >= 11 is 0. The number of benzene rings is 4. The molecule has 0 bridgehead atoms.